The first-order valence-corrected chi connectivity index (χ1v) is 6.18. The molecular weight excluding hydrogens is 240 g/mol. The number of nitrogen functional groups attached to an aromatic ring is 1. The van der Waals surface area contributed by atoms with Crippen molar-refractivity contribution in [3.05, 3.63) is 47.3 Å². The third kappa shape index (κ3) is 3.34. The second-order valence-corrected chi connectivity index (χ2v) is 4.60. The number of nitrogens with two attached hydrogens (primary N) is 1. The Hall–Kier alpha value is -2.30. The predicted molar refractivity (Wildman–Crippen MR) is 74.8 cm³/mol. The van der Waals surface area contributed by atoms with Gasteiger partial charge in [-0.25, -0.2) is 0 Å². The first-order chi connectivity index (χ1) is 9.06. The van der Waals surface area contributed by atoms with E-state index in [4.69, 9.17) is 5.73 Å². The van der Waals surface area contributed by atoms with Crippen LogP contribution in [-0.4, -0.2) is 22.2 Å². The van der Waals surface area contributed by atoms with Gasteiger partial charge < -0.3 is 11.1 Å². The van der Waals surface area contributed by atoms with Crippen LogP contribution in [0.5, 0.6) is 0 Å². The molecule has 2 rings (SSSR count). The zero-order chi connectivity index (χ0) is 13.8. The molecule has 100 valence electrons. The molecule has 0 bridgehead atoms. The smallest absolute Gasteiger partial charge is 0.251 e. The molecule has 5 heteroatoms. The molecule has 5 nitrogen and oxygen atoms in total. The van der Waals surface area contributed by atoms with E-state index in [-0.39, 0.29) is 5.91 Å². The van der Waals surface area contributed by atoms with Gasteiger partial charge in [0.05, 0.1) is 6.20 Å². The summed E-state index contributed by atoms with van der Waals surface area (Å²) in [4.78, 5) is 12.0. The number of nitrogens with zero attached hydrogens (tertiary/aromatic N) is 2. The van der Waals surface area contributed by atoms with Crippen molar-refractivity contribution in [2.75, 3.05) is 12.3 Å². The quantitative estimate of drug-likeness (QED) is 0.811. The van der Waals surface area contributed by atoms with Crippen LogP contribution in [0.4, 0.5) is 5.69 Å². The number of anilines is 1. The van der Waals surface area contributed by atoms with Crippen LogP contribution in [0.3, 0.4) is 0 Å². The second-order valence-electron chi connectivity index (χ2n) is 4.60. The Balaban J connectivity index is 1.90. The Morgan fingerprint density at radius 3 is 2.89 bits per heavy atom. The van der Waals surface area contributed by atoms with E-state index in [9.17, 15) is 4.79 Å². The highest BCUT2D eigenvalue weighted by atomic mass is 16.1. The molecule has 19 heavy (non-hydrogen) atoms. The maximum atomic E-state index is 12.0. The van der Waals surface area contributed by atoms with E-state index in [1.165, 1.54) is 0 Å². The summed E-state index contributed by atoms with van der Waals surface area (Å²) in [5.74, 6) is -0.0682. The number of amides is 1. The topological polar surface area (TPSA) is 72.9 Å². The second kappa shape index (κ2) is 5.56. The fraction of sp³-hybridized carbons (Fsp3) is 0.286. The molecule has 0 aliphatic heterocycles. The monoisotopic (exact) mass is 258 g/mol. The Kier molecular flexibility index (Phi) is 3.85. The fourth-order valence-corrected chi connectivity index (χ4v) is 1.96. The van der Waals surface area contributed by atoms with Crippen LogP contribution in [0.1, 0.15) is 21.5 Å². The summed E-state index contributed by atoms with van der Waals surface area (Å²) in [6.45, 7) is 2.47. The number of benzene rings is 1. The highest BCUT2D eigenvalue weighted by molar-refractivity contribution is 5.95. The van der Waals surface area contributed by atoms with Crippen molar-refractivity contribution in [1.82, 2.24) is 15.1 Å². The lowest BCUT2D eigenvalue weighted by Crippen LogP contribution is -2.26. The minimum Gasteiger partial charge on any atom is -0.399 e. The van der Waals surface area contributed by atoms with Crippen LogP contribution in [0.25, 0.3) is 0 Å². The zero-order valence-corrected chi connectivity index (χ0v) is 11.2. The van der Waals surface area contributed by atoms with Gasteiger partial charge in [-0.15, -0.1) is 0 Å². The van der Waals surface area contributed by atoms with Gasteiger partial charge in [-0.3, -0.25) is 9.48 Å². The largest absolute Gasteiger partial charge is 0.399 e. The molecule has 1 aromatic carbocycles. The van der Waals surface area contributed by atoms with Crippen molar-refractivity contribution in [2.45, 2.75) is 13.3 Å². The van der Waals surface area contributed by atoms with E-state index in [1.807, 2.05) is 20.2 Å². The minimum atomic E-state index is -0.0682. The first kappa shape index (κ1) is 13.1. The van der Waals surface area contributed by atoms with Crippen LogP contribution >= 0.6 is 0 Å². The van der Waals surface area contributed by atoms with E-state index in [2.05, 4.69) is 10.4 Å². The summed E-state index contributed by atoms with van der Waals surface area (Å²) in [6, 6.07) is 5.29. The van der Waals surface area contributed by atoms with Crippen molar-refractivity contribution >= 4 is 11.6 Å². The summed E-state index contributed by atoms with van der Waals surface area (Å²) in [5, 5.41) is 6.99. The van der Waals surface area contributed by atoms with Crippen LogP contribution in [0.15, 0.2) is 30.6 Å². The summed E-state index contributed by atoms with van der Waals surface area (Å²) in [7, 11) is 1.87. The Bertz CT molecular complexity index is 589. The molecule has 0 atom stereocenters. The van der Waals surface area contributed by atoms with Crippen molar-refractivity contribution < 1.29 is 4.79 Å². The molecule has 0 unspecified atom stereocenters. The lowest BCUT2D eigenvalue weighted by molar-refractivity contribution is 0.0953. The van der Waals surface area contributed by atoms with E-state index in [0.717, 1.165) is 17.5 Å². The molecule has 0 aliphatic rings. The summed E-state index contributed by atoms with van der Waals surface area (Å²) in [5.41, 5.74) is 9.00. The molecule has 0 radical (unpaired) electrons. The third-order valence-electron chi connectivity index (χ3n) is 2.95. The van der Waals surface area contributed by atoms with Gasteiger partial charge in [0.1, 0.15) is 0 Å². The highest BCUT2D eigenvalue weighted by Crippen LogP contribution is 2.12. The number of nitrogens with one attached hydrogen (secondary N) is 1. The van der Waals surface area contributed by atoms with Gasteiger partial charge in [-0.05, 0) is 42.7 Å². The number of rotatable bonds is 4. The van der Waals surface area contributed by atoms with Crippen molar-refractivity contribution in [1.29, 1.82) is 0 Å². The Labute approximate surface area is 112 Å². The molecule has 1 aromatic heterocycles. The Morgan fingerprint density at radius 1 is 1.47 bits per heavy atom. The van der Waals surface area contributed by atoms with Crippen molar-refractivity contribution in [3.63, 3.8) is 0 Å². The van der Waals surface area contributed by atoms with Gasteiger partial charge in [-0.2, -0.15) is 5.10 Å². The van der Waals surface area contributed by atoms with Crippen LogP contribution in [0.2, 0.25) is 0 Å². The average molecular weight is 258 g/mol. The van der Waals surface area contributed by atoms with E-state index >= 15 is 0 Å². The van der Waals surface area contributed by atoms with E-state index in [0.29, 0.717) is 17.8 Å². The van der Waals surface area contributed by atoms with E-state index in [1.54, 1.807) is 29.1 Å². The average Bonchev–Trinajstić information content (AvgIpc) is 2.75. The summed E-state index contributed by atoms with van der Waals surface area (Å²) in [6.07, 6.45) is 4.52. The molecule has 0 spiro atoms. The molecule has 0 saturated carbocycles. The number of carbonyl (C=O) groups excluding carboxylic acids is 1. The Morgan fingerprint density at radius 2 is 2.26 bits per heavy atom. The molecule has 3 N–H and O–H groups in total. The molecular formula is C14H18N4O. The lowest BCUT2D eigenvalue weighted by atomic mass is 10.1. The highest BCUT2D eigenvalue weighted by Gasteiger charge is 2.08. The molecule has 2 aromatic rings. The van der Waals surface area contributed by atoms with Gasteiger partial charge in [0.2, 0.25) is 0 Å². The molecule has 0 aliphatic carbocycles. The normalized spacial score (nSPS) is 10.4. The molecule has 1 heterocycles. The van der Waals surface area contributed by atoms with Gasteiger partial charge in [0, 0.05) is 31.0 Å². The zero-order valence-electron chi connectivity index (χ0n) is 11.2. The van der Waals surface area contributed by atoms with E-state index < -0.39 is 0 Å². The van der Waals surface area contributed by atoms with Gasteiger partial charge in [0.25, 0.3) is 5.91 Å². The van der Waals surface area contributed by atoms with Crippen LogP contribution in [0, 0.1) is 6.92 Å². The number of aromatic nitrogens is 2. The standard InChI is InChI=1S/C14H18N4O/c1-10-7-12(15)3-4-13(10)14(19)16-6-5-11-8-17-18(2)9-11/h3-4,7-9H,5-6,15H2,1-2H3,(H,16,19). The number of hydrogen-bond acceptors (Lipinski definition) is 3. The predicted octanol–water partition coefficient (Wildman–Crippen LogP) is 1.28. The van der Waals surface area contributed by atoms with Crippen LogP contribution in [-0.2, 0) is 13.5 Å². The molecule has 1 amide bonds. The van der Waals surface area contributed by atoms with Crippen molar-refractivity contribution in [2.24, 2.45) is 7.05 Å². The molecule has 0 fully saturated rings. The number of aryl methyl sites for hydroxylation is 2. The number of hydrogen-bond donors (Lipinski definition) is 2. The molecule has 0 saturated heterocycles. The van der Waals surface area contributed by atoms with Gasteiger partial charge >= 0.3 is 0 Å². The lowest BCUT2D eigenvalue weighted by Gasteiger charge is -2.07. The van der Waals surface area contributed by atoms with Crippen LogP contribution < -0.4 is 11.1 Å². The summed E-state index contributed by atoms with van der Waals surface area (Å²) >= 11 is 0. The third-order valence-corrected chi connectivity index (χ3v) is 2.95. The SMILES string of the molecule is Cc1cc(N)ccc1C(=O)NCCc1cnn(C)c1. The summed E-state index contributed by atoms with van der Waals surface area (Å²) < 4.78 is 1.75. The maximum Gasteiger partial charge on any atom is 0.251 e. The fourth-order valence-electron chi connectivity index (χ4n) is 1.96. The first-order valence-electron chi connectivity index (χ1n) is 6.18. The van der Waals surface area contributed by atoms with Gasteiger partial charge in [-0.1, -0.05) is 0 Å². The maximum absolute atomic E-state index is 12.0. The van der Waals surface area contributed by atoms with Gasteiger partial charge in [0.15, 0.2) is 0 Å². The minimum absolute atomic E-state index is 0.0682. The number of carbonyl (C=O) groups is 1. The van der Waals surface area contributed by atoms with Crippen molar-refractivity contribution in [3.8, 4) is 0 Å².